The van der Waals surface area contributed by atoms with Crippen molar-refractivity contribution < 1.29 is 13.2 Å². The molecular formula is C22H22N2O3S. The van der Waals surface area contributed by atoms with Crippen molar-refractivity contribution >= 4 is 21.6 Å². The molecular weight excluding hydrogens is 372 g/mol. The maximum atomic E-state index is 12.4. The van der Waals surface area contributed by atoms with E-state index in [0.717, 1.165) is 5.56 Å². The molecule has 0 saturated heterocycles. The molecule has 0 unspecified atom stereocenters. The third kappa shape index (κ3) is 4.98. The highest BCUT2D eigenvalue weighted by Crippen LogP contribution is 2.17. The lowest BCUT2D eigenvalue weighted by atomic mass is 10.0. The molecule has 6 heteroatoms. The molecule has 144 valence electrons. The smallest absolute Gasteiger partial charge is 0.261 e. The molecule has 0 bridgehead atoms. The zero-order chi connectivity index (χ0) is 20.0. The summed E-state index contributed by atoms with van der Waals surface area (Å²) in [6, 6.07) is 24.5. The number of hydrogen-bond acceptors (Lipinski definition) is 3. The van der Waals surface area contributed by atoms with Crippen LogP contribution in [0.25, 0.3) is 0 Å². The van der Waals surface area contributed by atoms with Gasteiger partial charge in [0.05, 0.1) is 4.90 Å². The molecule has 5 nitrogen and oxygen atoms in total. The highest BCUT2D eigenvalue weighted by atomic mass is 32.2. The Kier molecular flexibility index (Phi) is 6.11. The maximum Gasteiger partial charge on any atom is 0.261 e. The lowest BCUT2D eigenvalue weighted by molar-refractivity contribution is 0.0951. The van der Waals surface area contributed by atoms with Crippen LogP contribution in [0.15, 0.2) is 89.8 Å². The number of carbonyl (C=O) groups excluding carboxylic acids is 1. The molecule has 3 aromatic rings. The minimum Gasteiger partial charge on any atom is -0.351 e. The van der Waals surface area contributed by atoms with Crippen molar-refractivity contribution in [1.29, 1.82) is 0 Å². The van der Waals surface area contributed by atoms with Crippen LogP contribution in [0, 0.1) is 0 Å². The third-order valence-corrected chi connectivity index (χ3v) is 5.79. The number of amides is 1. The highest BCUT2D eigenvalue weighted by Gasteiger charge is 2.15. The number of hydrogen-bond donors (Lipinski definition) is 2. The number of carbonyl (C=O) groups is 1. The maximum absolute atomic E-state index is 12.4. The van der Waals surface area contributed by atoms with E-state index in [1.54, 1.807) is 24.3 Å². The number of nitrogens with one attached hydrogen (secondary N) is 2. The summed E-state index contributed by atoms with van der Waals surface area (Å²) in [6.07, 6.45) is 0. The van der Waals surface area contributed by atoms with E-state index in [0.29, 0.717) is 17.8 Å². The summed E-state index contributed by atoms with van der Waals surface area (Å²) in [5, 5.41) is 2.89. The number of sulfonamides is 1. The van der Waals surface area contributed by atoms with Gasteiger partial charge < -0.3 is 5.32 Å². The van der Waals surface area contributed by atoms with Gasteiger partial charge in [-0.15, -0.1) is 0 Å². The Balaban J connectivity index is 1.62. The molecule has 0 saturated carbocycles. The largest absolute Gasteiger partial charge is 0.351 e. The average Bonchev–Trinajstić information content (AvgIpc) is 2.73. The topological polar surface area (TPSA) is 75.3 Å². The summed E-state index contributed by atoms with van der Waals surface area (Å²) >= 11 is 0. The van der Waals surface area contributed by atoms with Crippen LogP contribution in [0.1, 0.15) is 28.8 Å². The minimum atomic E-state index is -3.70. The first-order valence-electron chi connectivity index (χ1n) is 8.97. The van der Waals surface area contributed by atoms with E-state index < -0.39 is 10.0 Å². The van der Waals surface area contributed by atoms with Crippen LogP contribution in [-0.4, -0.2) is 20.9 Å². The van der Waals surface area contributed by atoms with Crippen molar-refractivity contribution in [3.05, 3.63) is 96.1 Å². The standard InChI is InChI=1S/C22H22N2O3S/c1-17(18-8-4-2-5-9-18)16-23-22(25)19-12-14-21(15-13-19)28(26,27)24-20-10-6-3-7-11-20/h2-15,17,24H,16H2,1H3,(H,23,25)/t17-/m0/s1. The zero-order valence-electron chi connectivity index (χ0n) is 15.5. The molecule has 0 fully saturated rings. The van der Waals surface area contributed by atoms with Crippen molar-refractivity contribution in [2.75, 3.05) is 11.3 Å². The SMILES string of the molecule is C[C@@H](CNC(=O)c1ccc(S(=O)(=O)Nc2ccccc2)cc1)c1ccccc1. The van der Waals surface area contributed by atoms with E-state index in [1.165, 1.54) is 24.3 Å². The van der Waals surface area contributed by atoms with Gasteiger partial charge in [-0.25, -0.2) is 8.42 Å². The Morgan fingerprint density at radius 2 is 1.43 bits per heavy atom. The van der Waals surface area contributed by atoms with E-state index in [9.17, 15) is 13.2 Å². The molecule has 2 N–H and O–H groups in total. The van der Waals surface area contributed by atoms with Crippen LogP contribution < -0.4 is 10.0 Å². The molecule has 0 aliphatic rings. The van der Waals surface area contributed by atoms with Gasteiger partial charge in [-0.3, -0.25) is 9.52 Å². The summed E-state index contributed by atoms with van der Waals surface area (Å²) in [5.74, 6) is -0.0531. The van der Waals surface area contributed by atoms with Gasteiger partial charge >= 0.3 is 0 Å². The molecule has 0 radical (unpaired) electrons. The normalized spacial score (nSPS) is 12.2. The molecule has 0 spiro atoms. The van der Waals surface area contributed by atoms with Crippen LogP contribution >= 0.6 is 0 Å². The lowest BCUT2D eigenvalue weighted by Crippen LogP contribution is -2.27. The second-order valence-electron chi connectivity index (χ2n) is 6.52. The molecule has 28 heavy (non-hydrogen) atoms. The van der Waals surface area contributed by atoms with Crippen molar-refractivity contribution in [2.24, 2.45) is 0 Å². The van der Waals surface area contributed by atoms with Gasteiger partial charge in [0.2, 0.25) is 0 Å². The third-order valence-electron chi connectivity index (χ3n) is 4.39. The minimum absolute atomic E-state index is 0.102. The Morgan fingerprint density at radius 3 is 2.04 bits per heavy atom. The van der Waals surface area contributed by atoms with Gasteiger partial charge in [0.25, 0.3) is 15.9 Å². The average molecular weight is 394 g/mol. The van der Waals surface area contributed by atoms with Gasteiger partial charge in [0.1, 0.15) is 0 Å². The van der Waals surface area contributed by atoms with Crippen LogP contribution in [0.3, 0.4) is 0 Å². The molecule has 0 aromatic heterocycles. The van der Waals surface area contributed by atoms with Crippen molar-refractivity contribution in [1.82, 2.24) is 5.32 Å². The number of para-hydroxylation sites is 1. The van der Waals surface area contributed by atoms with E-state index >= 15 is 0 Å². The molecule has 0 aliphatic carbocycles. The molecule has 3 rings (SSSR count). The first-order valence-corrected chi connectivity index (χ1v) is 10.4. The number of rotatable bonds is 7. The quantitative estimate of drug-likeness (QED) is 0.635. The van der Waals surface area contributed by atoms with Crippen LogP contribution in [0.4, 0.5) is 5.69 Å². The van der Waals surface area contributed by atoms with E-state index in [1.807, 2.05) is 43.3 Å². The fourth-order valence-corrected chi connectivity index (χ4v) is 3.81. The fraction of sp³-hybridized carbons (Fsp3) is 0.136. The molecule has 0 aliphatic heterocycles. The molecule has 0 heterocycles. The first kappa shape index (κ1) is 19.6. The van der Waals surface area contributed by atoms with Crippen LogP contribution in [0.5, 0.6) is 0 Å². The van der Waals surface area contributed by atoms with E-state index in [2.05, 4.69) is 10.0 Å². The van der Waals surface area contributed by atoms with Crippen molar-refractivity contribution in [3.63, 3.8) is 0 Å². The number of anilines is 1. The Labute approximate surface area is 165 Å². The molecule has 1 atom stereocenters. The van der Waals surface area contributed by atoms with E-state index in [-0.39, 0.29) is 16.7 Å². The van der Waals surface area contributed by atoms with Gasteiger partial charge in [0.15, 0.2) is 0 Å². The second-order valence-corrected chi connectivity index (χ2v) is 8.20. The molecule has 3 aromatic carbocycles. The predicted molar refractivity (Wildman–Crippen MR) is 111 cm³/mol. The second kappa shape index (κ2) is 8.71. The van der Waals surface area contributed by atoms with Gasteiger partial charge in [-0.05, 0) is 47.9 Å². The van der Waals surface area contributed by atoms with Gasteiger partial charge in [-0.2, -0.15) is 0 Å². The van der Waals surface area contributed by atoms with Crippen LogP contribution in [-0.2, 0) is 10.0 Å². The zero-order valence-corrected chi connectivity index (χ0v) is 16.3. The van der Waals surface area contributed by atoms with Crippen LogP contribution in [0.2, 0.25) is 0 Å². The predicted octanol–water partition coefficient (Wildman–Crippen LogP) is 4.02. The summed E-state index contributed by atoms with van der Waals surface area (Å²) in [4.78, 5) is 12.5. The van der Waals surface area contributed by atoms with Gasteiger partial charge in [0, 0.05) is 17.8 Å². The summed E-state index contributed by atoms with van der Waals surface area (Å²) < 4.78 is 27.4. The summed E-state index contributed by atoms with van der Waals surface area (Å²) in [6.45, 7) is 2.54. The molecule has 1 amide bonds. The first-order chi connectivity index (χ1) is 13.5. The Hall–Kier alpha value is -3.12. The lowest BCUT2D eigenvalue weighted by Gasteiger charge is -2.13. The Bertz CT molecular complexity index is 1020. The summed E-state index contributed by atoms with van der Waals surface area (Å²) in [5.41, 5.74) is 2.05. The van der Waals surface area contributed by atoms with Crippen molar-refractivity contribution in [2.45, 2.75) is 17.7 Å². The van der Waals surface area contributed by atoms with Gasteiger partial charge in [-0.1, -0.05) is 55.5 Å². The summed E-state index contributed by atoms with van der Waals surface area (Å²) in [7, 11) is -3.70. The van der Waals surface area contributed by atoms with Crippen molar-refractivity contribution in [3.8, 4) is 0 Å². The number of benzene rings is 3. The Morgan fingerprint density at radius 1 is 0.857 bits per heavy atom. The monoisotopic (exact) mass is 394 g/mol. The fourth-order valence-electron chi connectivity index (χ4n) is 2.75. The van der Waals surface area contributed by atoms with E-state index in [4.69, 9.17) is 0 Å². The highest BCUT2D eigenvalue weighted by molar-refractivity contribution is 7.92.